The van der Waals surface area contributed by atoms with Crippen LogP contribution in [0.1, 0.15) is 18.4 Å². The van der Waals surface area contributed by atoms with Crippen LogP contribution in [0.25, 0.3) is 0 Å². The lowest BCUT2D eigenvalue weighted by molar-refractivity contribution is 0.272. The van der Waals surface area contributed by atoms with Crippen LogP contribution in [0.4, 0.5) is 4.39 Å². The molecule has 1 aromatic carbocycles. The third-order valence-electron chi connectivity index (χ3n) is 3.15. The van der Waals surface area contributed by atoms with Crippen molar-refractivity contribution in [3.8, 4) is 0 Å². The van der Waals surface area contributed by atoms with E-state index in [1.807, 2.05) is 11.0 Å². The van der Waals surface area contributed by atoms with Gasteiger partial charge in [0.25, 0.3) is 0 Å². The quantitative estimate of drug-likeness (QED) is 0.363. The number of rotatable bonds is 3. The van der Waals surface area contributed by atoms with Gasteiger partial charge in [-0.15, -0.1) is 0 Å². The summed E-state index contributed by atoms with van der Waals surface area (Å²) in [5.74, 6) is -0.00324. The second kappa shape index (κ2) is 5.14. The van der Waals surface area contributed by atoms with Gasteiger partial charge in [0.1, 0.15) is 5.82 Å². The predicted octanol–water partition coefficient (Wildman–Crippen LogP) is 1.54. The molecule has 5 heteroatoms. The summed E-state index contributed by atoms with van der Waals surface area (Å²) in [4.78, 5) is 2.04. The Bertz CT molecular complexity index is 422. The lowest BCUT2D eigenvalue weighted by Gasteiger charge is -2.23. The van der Waals surface area contributed by atoms with E-state index in [0.29, 0.717) is 12.1 Å². The molecule has 0 radical (unpaired) electrons. The Morgan fingerprint density at radius 2 is 2.29 bits per heavy atom. The molecule has 1 aliphatic rings. The molecule has 0 spiro atoms. The number of hydrogen-bond acceptors (Lipinski definition) is 3. The van der Waals surface area contributed by atoms with Crippen LogP contribution in [0.2, 0.25) is 0 Å². The number of likely N-dealkylation sites (tertiary alicyclic amines) is 1. The number of halogens is 1. The molecule has 1 unspecified atom stereocenters. The molecule has 1 saturated heterocycles. The Balaban J connectivity index is 2.11. The van der Waals surface area contributed by atoms with Gasteiger partial charge in [-0.05, 0) is 25.5 Å². The average Bonchev–Trinajstić information content (AvgIpc) is 2.79. The average molecular weight is 237 g/mol. The number of hydrogen-bond donors (Lipinski definition) is 2. The van der Waals surface area contributed by atoms with E-state index in [1.54, 1.807) is 12.1 Å². The summed E-state index contributed by atoms with van der Waals surface area (Å²) in [6.45, 7) is 1.34. The maximum Gasteiger partial charge on any atom is 0.156 e. The van der Waals surface area contributed by atoms with Gasteiger partial charge in [0.2, 0.25) is 0 Å². The third-order valence-corrected chi connectivity index (χ3v) is 3.15. The fraction of sp³-hybridized carbons (Fsp3) is 0.417. The van der Waals surface area contributed by atoms with Gasteiger partial charge in [-0.3, -0.25) is 4.90 Å². The van der Waals surface area contributed by atoms with Crippen molar-refractivity contribution in [3.05, 3.63) is 35.6 Å². The minimum absolute atomic E-state index is 0.0837. The lowest BCUT2D eigenvalue weighted by atomic mass is 10.1. The maximum absolute atomic E-state index is 13.5. The summed E-state index contributed by atoms with van der Waals surface area (Å²) in [7, 11) is 0. The summed E-state index contributed by atoms with van der Waals surface area (Å²) in [5, 5.41) is 11.7. The van der Waals surface area contributed by atoms with Crippen molar-refractivity contribution < 1.29 is 9.60 Å². The van der Waals surface area contributed by atoms with Crippen LogP contribution in [0.3, 0.4) is 0 Å². The summed E-state index contributed by atoms with van der Waals surface area (Å²) in [6, 6.07) is 6.61. The first-order chi connectivity index (χ1) is 8.22. The Hall–Kier alpha value is -1.62. The first-order valence-corrected chi connectivity index (χ1v) is 5.67. The van der Waals surface area contributed by atoms with E-state index >= 15 is 0 Å². The van der Waals surface area contributed by atoms with Crippen LogP contribution in [-0.4, -0.2) is 28.5 Å². The molecule has 4 nitrogen and oxygen atoms in total. The molecule has 1 atom stereocenters. The molecule has 1 aromatic rings. The van der Waals surface area contributed by atoms with Crippen LogP contribution in [0.15, 0.2) is 29.4 Å². The zero-order valence-corrected chi connectivity index (χ0v) is 9.51. The van der Waals surface area contributed by atoms with Crippen LogP contribution >= 0.6 is 0 Å². The molecule has 0 saturated carbocycles. The highest BCUT2D eigenvalue weighted by atomic mass is 19.1. The smallest absolute Gasteiger partial charge is 0.156 e. The van der Waals surface area contributed by atoms with Gasteiger partial charge in [0.05, 0.1) is 6.04 Å². The molecule has 1 heterocycles. The molecule has 92 valence electrons. The van der Waals surface area contributed by atoms with E-state index < -0.39 is 0 Å². The molecular weight excluding hydrogens is 221 g/mol. The Kier molecular flexibility index (Phi) is 3.58. The summed E-state index contributed by atoms with van der Waals surface area (Å²) in [5.41, 5.74) is 6.27. The Morgan fingerprint density at radius 3 is 3.00 bits per heavy atom. The predicted molar refractivity (Wildman–Crippen MR) is 63.2 cm³/mol. The Labute approximate surface area is 99.5 Å². The lowest BCUT2D eigenvalue weighted by Crippen LogP contribution is -2.40. The summed E-state index contributed by atoms with van der Waals surface area (Å²) >= 11 is 0. The highest BCUT2D eigenvalue weighted by Gasteiger charge is 2.28. The molecule has 0 amide bonds. The van der Waals surface area contributed by atoms with Gasteiger partial charge in [-0.25, -0.2) is 4.39 Å². The van der Waals surface area contributed by atoms with Crippen molar-refractivity contribution in [2.24, 2.45) is 10.9 Å². The van der Waals surface area contributed by atoms with Crippen molar-refractivity contribution in [1.29, 1.82) is 0 Å². The third kappa shape index (κ3) is 2.55. The number of nitrogens with two attached hydrogens (primary N) is 1. The van der Waals surface area contributed by atoms with Crippen molar-refractivity contribution in [1.82, 2.24) is 4.90 Å². The largest absolute Gasteiger partial charge is 0.409 e. The van der Waals surface area contributed by atoms with Crippen LogP contribution in [-0.2, 0) is 6.54 Å². The molecule has 1 fully saturated rings. The monoisotopic (exact) mass is 237 g/mol. The van der Waals surface area contributed by atoms with Crippen LogP contribution in [0, 0.1) is 5.82 Å². The number of amidine groups is 1. The molecular formula is C12H16FN3O. The first kappa shape index (κ1) is 11.9. The maximum atomic E-state index is 13.5. The van der Waals surface area contributed by atoms with Crippen molar-refractivity contribution >= 4 is 5.84 Å². The fourth-order valence-electron chi connectivity index (χ4n) is 2.26. The van der Waals surface area contributed by atoms with Crippen molar-refractivity contribution in [3.63, 3.8) is 0 Å². The number of oxime groups is 1. The minimum atomic E-state index is -0.211. The van der Waals surface area contributed by atoms with Crippen LogP contribution in [0.5, 0.6) is 0 Å². The zero-order chi connectivity index (χ0) is 12.3. The first-order valence-electron chi connectivity index (χ1n) is 5.67. The van der Waals surface area contributed by atoms with Gasteiger partial charge in [-0.2, -0.15) is 0 Å². The molecule has 1 aliphatic heterocycles. The SMILES string of the molecule is NC(=NO)C1CCCN1Cc1ccccc1F. The van der Waals surface area contributed by atoms with E-state index in [9.17, 15) is 4.39 Å². The minimum Gasteiger partial charge on any atom is -0.409 e. The summed E-state index contributed by atoms with van der Waals surface area (Å²) < 4.78 is 13.5. The normalized spacial score (nSPS) is 21.9. The molecule has 0 aromatic heterocycles. The van der Waals surface area contributed by atoms with Gasteiger partial charge in [-0.1, -0.05) is 23.4 Å². The van der Waals surface area contributed by atoms with E-state index in [4.69, 9.17) is 10.9 Å². The molecule has 3 N–H and O–H groups in total. The van der Waals surface area contributed by atoms with Gasteiger partial charge in [0.15, 0.2) is 5.84 Å². The highest BCUT2D eigenvalue weighted by molar-refractivity contribution is 5.85. The molecule has 0 bridgehead atoms. The van der Waals surface area contributed by atoms with E-state index in [-0.39, 0.29) is 17.7 Å². The Morgan fingerprint density at radius 1 is 1.53 bits per heavy atom. The van der Waals surface area contributed by atoms with Crippen molar-refractivity contribution in [2.45, 2.75) is 25.4 Å². The number of nitrogens with zero attached hydrogens (tertiary/aromatic N) is 2. The van der Waals surface area contributed by atoms with E-state index in [0.717, 1.165) is 19.4 Å². The summed E-state index contributed by atoms with van der Waals surface area (Å²) in [6.07, 6.45) is 1.83. The second-order valence-electron chi connectivity index (χ2n) is 4.24. The van der Waals surface area contributed by atoms with Crippen LogP contribution < -0.4 is 5.73 Å². The molecule has 17 heavy (non-hydrogen) atoms. The topological polar surface area (TPSA) is 61.9 Å². The molecule has 0 aliphatic carbocycles. The van der Waals surface area contributed by atoms with Gasteiger partial charge < -0.3 is 10.9 Å². The standard InChI is InChI=1S/C12H16FN3O/c13-10-5-2-1-4-9(10)8-16-7-3-6-11(16)12(14)15-17/h1-2,4-5,11,17H,3,6-8H2,(H2,14,15). The second-order valence-corrected chi connectivity index (χ2v) is 4.24. The fourth-order valence-corrected chi connectivity index (χ4v) is 2.26. The highest BCUT2D eigenvalue weighted by Crippen LogP contribution is 2.21. The van der Waals surface area contributed by atoms with E-state index in [2.05, 4.69) is 5.16 Å². The molecule has 2 rings (SSSR count). The number of benzene rings is 1. The van der Waals surface area contributed by atoms with Crippen molar-refractivity contribution in [2.75, 3.05) is 6.54 Å². The van der Waals surface area contributed by atoms with Gasteiger partial charge >= 0.3 is 0 Å². The van der Waals surface area contributed by atoms with E-state index in [1.165, 1.54) is 6.07 Å². The zero-order valence-electron chi connectivity index (χ0n) is 9.51. The van der Waals surface area contributed by atoms with Gasteiger partial charge in [0, 0.05) is 12.1 Å².